The van der Waals surface area contributed by atoms with E-state index in [0.717, 1.165) is 64.6 Å². The second kappa shape index (κ2) is 14.3. The summed E-state index contributed by atoms with van der Waals surface area (Å²) in [7, 11) is 2.12. The molecule has 0 atom stereocenters. The quantitative estimate of drug-likeness (QED) is 0.299. The van der Waals surface area contributed by atoms with E-state index in [2.05, 4.69) is 36.0 Å². The van der Waals surface area contributed by atoms with Crippen LogP contribution in [0.15, 0.2) is 4.99 Å². The van der Waals surface area contributed by atoms with Crippen LogP contribution in [0.4, 0.5) is 4.79 Å². The van der Waals surface area contributed by atoms with Gasteiger partial charge in [-0.2, -0.15) is 0 Å². The first-order valence-corrected chi connectivity index (χ1v) is 10.9. The Morgan fingerprint density at radius 3 is 2.28 bits per heavy atom. The highest BCUT2D eigenvalue weighted by molar-refractivity contribution is 14.0. The van der Waals surface area contributed by atoms with Crippen molar-refractivity contribution >= 4 is 36.0 Å². The Morgan fingerprint density at radius 1 is 1.17 bits per heavy atom. The van der Waals surface area contributed by atoms with E-state index < -0.39 is 5.60 Å². The van der Waals surface area contributed by atoms with E-state index in [1.807, 2.05) is 32.6 Å². The fourth-order valence-corrected chi connectivity index (χ4v) is 3.21. The van der Waals surface area contributed by atoms with Gasteiger partial charge in [0.2, 0.25) is 0 Å². The number of likely N-dealkylation sites (tertiary alicyclic amines) is 1. The van der Waals surface area contributed by atoms with Gasteiger partial charge in [0.15, 0.2) is 5.96 Å². The van der Waals surface area contributed by atoms with Gasteiger partial charge >= 0.3 is 6.09 Å². The predicted octanol–water partition coefficient (Wildman–Crippen LogP) is 3.49. The zero-order valence-electron chi connectivity index (χ0n) is 19.7. The van der Waals surface area contributed by atoms with Crippen molar-refractivity contribution in [3.05, 3.63) is 0 Å². The first kappa shape index (κ1) is 28.2. The molecule has 0 spiro atoms. The molecule has 172 valence electrons. The van der Waals surface area contributed by atoms with Crippen molar-refractivity contribution < 1.29 is 9.53 Å². The number of hydrogen-bond acceptors (Lipinski definition) is 4. The minimum absolute atomic E-state index is 0. The molecule has 1 rings (SSSR count). The fraction of sp³-hybridized carbons (Fsp3) is 0.905. The number of ether oxygens (including phenoxy) is 1. The van der Waals surface area contributed by atoms with Gasteiger partial charge in [-0.25, -0.2) is 4.79 Å². The van der Waals surface area contributed by atoms with Crippen LogP contribution in [0.5, 0.6) is 0 Å². The highest BCUT2D eigenvalue weighted by atomic mass is 127. The summed E-state index contributed by atoms with van der Waals surface area (Å²) in [6.07, 6.45) is 1.93. The van der Waals surface area contributed by atoms with Crippen LogP contribution in [0, 0.1) is 5.92 Å². The minimum Gasteiger partial charge on any atom is -0.444 e. The summed E-state index contributed by atoms with van der Waals surface area (Å²) in [5, 5.41) is 3.43. The molecule has 0 saturated carbocycles. The van der Waals surface area contributed by atoms with Crippen LogP contribution in [-0.4, -0.2) is 91.8 Å². The van der Waals surface area contributed by atoms with Gasteiger partial charge in [-0.05, 0) is 67.0 Å². The molecule has 29 heavy (non-hydrogen) atoms. The van der Waals surface area contributed by atoms with Gasteiger partial charge in [0.05, 0.1) is 6.54 Å². The molecule has 0 aliphatic carbocycles. The van der Waals surface area contributed by atoms with E-state index >= 15 is 0 Å². The lowest BCUT2D eigenvalue weighted by Crippen LogP contribution is -2.48. The number of likely N-dealkylation sites (N-methyl/N-ethyl adjacent to an activating group) is 1. The molecule has 1 amide bonds. The van der Waals surface area contributed by atoms with Crippen LogP contribution < -0.4 is 5.32 Å². The average molecular weight is 526 g/mol. The second-order valence-corrected chi connectivity index (χ2v) is 8.58. The molecule has 1 aliphatic heterocycles. The lowest BCUT2D eigenvalue weighted by atomic mass is 9.96. The maximum Gasteiger partial charge on any atom is 0.410 e. The van der Waals surface area contributed by atoms with Crippen LogP contribution in [0.1, 0.15) is 54.4 Å². The zero-order valence-corrected chi connectivity index (χ0v) is 22.0. The van der Waals surface area contributed by atoms with Crippen LogP contribution >= 0.6 is 24.0 Å². The molecule has 1 N–H and O–H groups in total. The molecule has 1 saturated heterocycles. The number of rotatable bonds is 8. The molecule has 1 fully saturated rings. The monoisotopic (exact) mass is 525 g/mol. The standard InChI is InChI=1S/C21H43N5O2.HI/c1-8-22-19(23-13-16-24(7)9-2)26-14-11-18(12-15-26)17-25(10-3)20(27)28-21(4,5)6;/h18H,8-17H2,1-7H3,(H,22,23);1H. The number of amides is 1. The fourth-order valence-electron chi connectivity index (χ4n) is 3.21. The Kier molecular flexibility index (Phi) is 13.9. The lowest BCUT2D eigenvalue weighted by molar-refractivity contribution is 0.0214. The number of aliphatic imine (C=N–C) groups is 1. The van der Waals surface area contributed by atoms with Crippen LogP contribution in [-0.2, 0) is 4.74 Å². The zero-order chi connectivity index (χ0) is 21.2. The number of nitrogens with zero attached hydrogens (tertiary/aromatic N) is 4. The molecular formula is C21H44IN5O2. The van der Waals surface area contributed by atoms with Crippen molar-refractivity contribution in [3.63, 3.8) is 0 Å². The van der Waals surface area contributed by atoms with Crippen LogP contribution in [0.2, 0.25) is 0 Å². The summed E-state index contributed by atoms with van der Waals surface area (Å²) in [6.45, 7) is 19.2. The Labute approximate surface area is 195 Å². The van der Waals surface area contributed by atoms with Crippen molar-refractivity contribution in [2.75, 3.05) is 59.4 Å². The minimum atomic E-state index is -0.448. The molecule has 1 aliphatic rings. The highest BCUT2D eigenvalue weighted by Gasteiger charge is 2.27. The number of halogens is 1. The first-order valence-electron chi connectivity index (χ1n) is 10.9. The summed E-state index contributed by atoms with van der Waals surface area (Å²) in [5.74, 6) is 1.53. The third-order valence-electron chi connectivity index (χ3n) is 5.04. The second-order valence-electron chi connectivity index (χ2n) is 8.58. The first-order chi connectivity index (χ1) is 13.2. The number of carbonyl (C=O) groups is 1. The number of piperidine rings is 1. The molecule has 8 heteroatoms. The summed E-state index contributed by atoms with van der Waals surface area (Å²) in [5.41, 5.74) is -0.448. The van der Waals surface area contributed by atoms with Gasteiger partial charge in [0.25, 0.3) is 0 Å². The molecule has 1 heterocycles. The van der Waals surface area contributed by atoms with E-state index in [4.69, 9.17) is 9.73 Å². The molecule has 0 unspecified atom stereocenters. The normalized spacial score (nSPS) is 15.9. The number of guanidine groups is 1. The largest absolute Gasteiger partial charge is 0.444 e. The third kappa shape index (κ3) is 11.3. The summed E-state index contributed by atoms with van der Waals surface area (Å²) < 4.78 is 5.54. The number of nitrogens with one attached hydrogen (secondary N) is 1. The maximum absolute atomic E-state index is 12.4. The van der Waals surface area contributed by atoms with Crippen molar-refractivity contribution in [1.82, 2.24) is 20.0 Å². The van der Waals surface area contributed by atoms with Gasteiger partial charge in [0, 0.05) is 39.3 Å². The molecule has 0 bridgehead atoms. The number of hydrogen-bond donors (Lipinski definition) is 1. The SMILES string of the molecule is CCNC(=NCCN(C)CC)N1CCC(CN(CC)C(=O)OC(C)(C)C)CC1.I. The average Bonchev–Trinajstić information content (AvgIpc) is 2.64. The molecule has 7 nitrogen and oxygen atoms in total. The third-order valence-corrected chi connectivity index (χ3v) is 5.04. The van der Waals surface area contributed by atoms with E-state index in [1.54, 1.807) is 0 Å². The lowest BCUT2D eigenvalue weighted by Gasteiger charge is -2.36. The Bertz CT molecular complexity index is 488. The Hall–Kier alpha value is -0.770. The molecule has 0 aromatic heterocycles. The van der Waals surface area contributed by atoms with Gasteiger partial charge in [-0.3, -0.25) is 4.99 Å². The van der Waals surface area contributed by atoms with Gasteiger partial charge < -0.3 is 24.8 Å². The predicted molar refractivity (Wildman–Crippen MR) is 132 cm³/mol. The Balaban J connectivity index is 0.00000784. The van der Waals surface area contributed by atoms with Crippen molar-refractivity contribution in [2.24, 2.45) is 10.9 Å². The van der Waals surface area contributed by atoms with Crippen molar-refractivity contribution in [3.8, 4) is 0 Å². The van der Waals surface area contributed by atoms with Crippen LogP contribution in [0.25, 0.3) is 0 Å². The molecule has 0 aromatic rings. The van der Waals surface area contributed by atoms with Gasteiger partial charge in [0.1, 0.15) is 5.60 Å². The smallest absolute Gasteiger partial charge is 0.410 e. The number of carbonyl (C=O) groups excluding carboxylic acids is 1. The maximum atomic E-state index is 12.4. The van der Waals surface area contributed by atoms with Gasteiger partial charge in [-0.15, -0.1) is 24.0 Å². The van der Waals surface area contributed by atoms with E-state index in [1.165, 1.54) is 0 Å². The van der Waals surface area contributed by atoms with E-state index in [9.17, 15) is 4.79 Å². The van der Waals surface area contributed by atoms with Crippen molar-refractivity contribution in [1.29, 1.82) is 0 Å². The summed E-state index contributed by atoms with van der Waals surface area (Å²) in [4.78, 5) is 23.6. The van der Waals surface area contributed by atoms with E-state index in [-0.39, 0.29) is 30.1 Å². The highest BCUT2D eigenvalue weighted by Crippen LogP contribution is 2.20. The summed E-state index contributed by atoms with van der Waals surface area (Å²) in [6, 6.07) is 0. The van der Waals surface area contributed by atoms with Gasteiger partial charge in [-0.1, -0.05) is 6.92 Å². The van der Waals surface area contributed by atoms with Crippen molar-refractivity contribution in [2.45, 2.75) is 60.0 Å². The molecule has 0 radical (unpaired) electrons. The summed E-state index contributed by atoms with van der Waals surface area (Å²) >= 11 is 0. The Morgan fingerprint density at radius 2 is 1.79 bits per heavy atom. The molecular weight excluding hydrogens is 481 g/mol. The van der Waals surface area contributed by atoms with E-state index in [0.29, 0.717) is 12.5 Å². The van der Waals surface area contributed by atoms with Crippen LogP contribution in [0.3, 0.4) is 0 Å². The molecule has 0 aromatic carbocycles. The topological polar surface area (TPSA) is 60.4 Å².